The number of hydrogen-bond donors (Lipinski definition) is 1. The van der Waals surface area contributed by atoms with Crippen molar-refractivity contribution in [2.75, 3.05) is 0 Å². The molecule has 0 aliphatic heterocycles. The third-order valence-corrected chi connectivity index (χ3v) is 4.61. The van der Waals surface area contributed by atoms with E-state index in [-0.39, 0.29) is 0 Å². The smallest absolute Gasteiger partial charge is 0.0175 e. The maximum absolute atomic E-state index is 6.25. The van der Waals surface area contributed by atoms with Crippen LogP contribution in [-0.4, -0.2) is 6.04 Å². The Hall–Kier alpha value is -0.340. The second-order valence-corrected chi connectivity index (χ2v) is 6.59. The van der Waals surface area contributed by atoms with Crippen LogP contribution in [0.3, 0.4) is 0 Å². The molecule has 2 N–H and O–H groups in total. The van der Waals surface area contributed by atoms with E-state index in [0.29, 0.717) is 6.04 Å². The van der Waals surface area contributed by atoms with Crippen molar-refractivity contribution in [2.45, 2.75) is 57.4 Å². The first-order valence-electron chi connectivity index (χ1n) is 7.24. The Balaban J connectivity index is 1.71. The quantitative estimate of drug-likeness (QED) is 0.839. The van der Waals surface area contributed by atoms with Crippen molar-refractivity contribution in [3.63, 3.8) is 0 Å². The molecule has 1 aliphatic rings. The van der Waals surface area contributed by atoms with Gasteiger partial charge in [0.2, 0.25) is 0 Å². The first-order valence-corrected chi connectivity index (χ1v) is 8.03. The number of rotatable bonds is 5. The molecule has 18 heavy (non-hydrogen) atoms. The molecule has 1 atom stereocenters. The van der Waals surface area contributed by atoms with E-state index in [1.807, 2.05) is 0 Å². The van der Waals surface area contributed by atoms with Crippen molar-refractivity contribution >= 4 is 15.9 Å². The Bertz CT molecular complexity index is 341. The molecule has 100 valence electrons. The lowest BCUT2D eigenvalue weighted by Crippen LogP contribution is -2.24. The van der Waals surface area contributed by atoms with E-state index < -0.39 is 0 Å². The Morgan fingerprint density at radius 2 is 1.78 bits per heavy atom. The second-order valence-electron chi connectivity index (χ2n) is 5.67. The molecule has 0 heterocycles. The van der Waals surface area contributed by atoms with Gasteiger partial charge in [0, 0.05) is 10.5 Å². The molecule has 1 fully saturated rings. The lowest BCUT2D eigenvalue weighted by Gasteiger charge is -2.23. The van der Waals surface area contributed by atoms with Crippen molar-refractivity contribution in [3.8, 4) is 0 Å². The fourth-order valence-corrected chi connectivity index (χ4v) is 3.22. The van der Waals surface area contributed by atoms with Crippen LogP contribution >= 0.6 is 15.9 Å². The fourth-order valence-electron chi connectivity index (χ4n) is 2.95. The average Bonchev–Trinajstić information content (AvgIpc) is 2.40. The van der Waals surface area contributed by atoms with Crippen LogP contribution in [0.15, 0.2) is 28.7 Å². The van der Waals surface area contributed by atoms with Gasteiger partial charge in [-0.05, 0) is 42.9 Å². The van der Waals surface area contributed by atoms with Crippen molar-refractivity contribution in [3.05, 3.63) is 34.3 Å². The molecule has 0 bridgehead atoms. The largest absolute Gasteiger partial charge is 0.327 e. The van der Waals surface area contributed by atoms with Gasteiger partial charge in [-0.15, -0.1) is 0 Å². The minimum Gasteiger partial charge on any atom is -0.327 e. The summed E-state index contributed by atoms with van der Waals surface area (Å²) in [4.78, 5) is 0. The first-order chi connectivity index (χ1) is 8.74. The van der Waals surface area contributed by atoms with Gasteiger partial charge in [0.25, 0.3) is 0 Å². The Morgan fingerprint density at radius 1 is 1.11 bits per heavy atom. The highest BCUT2D eigenvalue weighted by molar-refractivity contribution is 9.10. The van der Waals surface area contributed by atoms with Crippen molar-refractivity contribution in [1.29, 1.82) is 0 Å². The van der Waals surface area contributed by atoms with Crippen LogP contribution in [-0.2, 0) is 6.42 Å². The Labute approximate surface area is 119 Å². The van der Waals surface area contributed by atoms with Crippen LogP contribution in [0, 0.1) is 5.92 Å². The summed E-state index contributed by atoms with van der Waals surface area (Å²) in [7, 11) is 0. The van der Waals surface area contributed by atoms with Crippen molar-refractivity contribution in [1.82, 2.24) is 0 Å². The maximum atomic E-state index is 6.25. The van der Waals surface area contributed by atoms with Crippen LogP contribution in [0.5, 0.6) is 0 Å². The topological polar surface area (TPSA) is 26.0 Å². The van der Waals surface area contributed by atoms with E-state index in [9.17, 15) is 0 Å². The minimum atomic E-state index is 0.327. The van der Waals surface area contributed by atoms with E-state index in [0.717, 1.165) is 16.8 Å². The van der Waals surface area contributed by atoms with E-state index >= 15 is 0 Å². The molecule has 2 heteroatoms. The summed E-state index contributed by atoms with van der Waals surface area (Å²) in [5.74, 6) is 0.953. The van der Waals surface area contributed by atoms with Gasteiger partial charge in [0.1, 0.15) is 0 Å². The zero-order chi connectivity index (χ0) is 12.8. The maximum Gasteiger partial charge on any atom is 0.0175 e. The number of nitrogens with two attached hydrogens (primary N) is 1. The number of halogens is 1. The molecule has 0 amide bonds. The van der Waals surface area contributed by atoms with Crippen LogP contribution in [0.25, 0.3) is 0 Å². The van der Waals surface area contributed by atoms with Gasteiger partial charge in [-0.3, -0.25) is 0 Å². The van der Waals surface area contributed by atoms with Gasteiger partial charge in [-0.2, -0.15) is 0 Å². The molecule has 1 aromatic rings. The van der Waals surface area contributed by atoms with E-state index in [1.165, 1.54) is 50.5 Å². The van der Waals surface area contributed by atoms with Gasteiger partial charge in [0.05, 0.1) is 0 Å². The lowest BCUT2D eigenvalue weighted by atomic mass is 9.85. The molecule has 1 aromatic carbocycles. The Morgan fingerprint density at radius 3 is 2.44 bits per heavy atom. The van der Waals surface area contributed by atoms with Gasteiger partial charge in [-0.25, -0.2) is 0 Å². The van der Waals surface area contributed by atoms with Gasteiger partial charge < -0.3 is 5.73 Å². The average molecular weight is 310 g/mol. The highest BCUT2D eigenvalue weighted by Crippen LogP contribution is 2.27. The minimum absolute atomic E-state index is 0.327. The molecule has 2 rings (SSSR count). The fraction of sp³-hybridized carbons (Fsp3) is 0.625. The lowest BCUT2D eigenvalue weighted by molar-refractivity contribution is 0.323. The standard InChI is InChI=1S/C16H24BrN/c17-15-9-6-14(7-10-15)12-16(18)11-8-13-4-2-1-3-5-13/h6-7,9-10,13,16H,1-5,8,11-12,18H2. The van der Waals surface area contributed by atoms with Crippen LogP contribution in [0.1, 0.15) is 50.5 Å². The highest BCUT2D eigenvalue weighted by atomic mass is 79.9. The SMILES string of the molecule is NC(CCC1CCCCC1)Cc1ccc(Br)cc1. The van der Waals surface area contributed by atoms with Gasteiger partial charge in [-0.1, -0.05) is 60.2 Å². The molecule has 0 aromatic heterocycles. The van der Waals surface area contributed by atoms with Crippen molar-refractivity contribution in [2.24, 2.45) is 11.7 Å². The second kappa shape index (κ2) is 7.30. The zero-order valence-electron chi connectivity index (χ0n) is 11.1. The Kier molecular flexibility index (Phi) is 5.71. The number of benzene rings is 1. The predicted octanol–water partition coefficient (Wildman–Crippen LogP) is 4.68. The summed E-state index contributed by atoms with van der Waals surface area (Å²) in [6.07, 6.45) is 10.7. The molecular weight excluding hydrogens is 286 g/mol. The van der Waals surface area contributed by atoms with Crippen molar-refractivity contribution < 1.29 is 0 Å². The molecule has 0 spiro atoms. The molecule has 0 radical (unpaired) electrons. The van der Waals surface area contributed by atoms with Crippen LogP contribution in [0.4, 0.5) is 0 Å². The summed E-state index contributed by atoms with van der Waals surface area (Å²) in [5.41, 5.74) is 7.61. The number of hydrogen-bond acceptors (Lipinski definition) is 1. The first kappa shape index (κ1) is 14.1. The molecule has 1 nitrogen and oxygen atoms in total. The van der Waals surface area contributed by atoms with E-state index in [2.05, 4.69) is 40.2 Å². The third-order valence-electron chi connectivity index (χ3n) is 4.08. The summed E-state index contributed by atoms with van der Waals surface area (Å²) in [6, 6.07) is 8.87. The van der Waals surface area contributed by atoms with Crippen LogP contribution < -0.4 is 5.73 Å². The molecule has 1 aliphatic carbocycles. The predicted molar refractivity (Wildman–Crippen MR) is 81.6 cm³/mol. The highest BCUT2D eigenvalue weighted by Gasteiger charge is 2.14. The normalized spacial score (nSPS) is 18.8. The summed E-state index contributed by atoms with van der Waals surface area (Å²) < 4.78 is 1.14. The zero-order valence-corrected chi connectivity index (χ0v) is 12.7. The molecule has 0 saturated heterocycles. The van der Waals surface area contributed by atoms with Gasteiger partial charge >= 0.3 is 0 Å². The van der Waals surface area contributed by atoms with Crippen LogP contribution in [0.2, 0.25) is 0 Å². The molecule has 1 unspecified atom stereocenters. The molecule has 1 saturated carbocycles. The van der Waals surface area contributed by atoms with E-state index in [1.54, 1.807) is 0 Å². The summed E-state index contributed by atoms with van der Waals surface area (Å²) >= 11 is 3.46. The van der Waals surface area contributed by atoms with Gasteiger partial charge in [0.15, 0.2) is 0 Å². The molecular formula is C16H24BrN. The van der Waals surface area contributed by atoms with E-state index in [4.69, 9.17) is 5.73 Å². The summed E-state index contributed by atoms with van der Waals surface area (Å²) in [5, 5.41) is 0. The third kappa shape index (κ3) is 4.74. The summed E-state index contributed by atoms with van der Waals surface area (Å²) in [6.45, 7) is 0. The monoisotopic (exact) mass is 309 g/mol.